The summed E-state index contributed by atoms with van der Waals surface area (Å²) >= 11 is 6.24. The predicted molar refractivity (Wildman–Crippen MR) is 125 cm³/mol. The first-order chi connectivity index (χ1) is 15.8. The highest BCUT2D eigenvalue weighted by atomic mass is 35.5. The number of halogens is 2. The number of carbonyl (C=O) groups excluding carboxylic acids is 2. The van der Waals surface area contributed by atoms with Crippen LogP contribution in [0.25, 0.3) is 5.57 Å². The third kappa shape index (κ3) is 4.03. The number of nitrogens with one attached hydrogen (secondary N) is 1. The van der Waals surface area contributed by atoms with Crippen LogP contribution < -0.4 is 19.7 Å². The molecule has 1 N–H and O–H groups in total. The zero-order chi connectivity index (χ0) is 23.7. The second kappa shape index (κ2) is 8.96. The Kier molecular flexibility index (Phi) is 6.07. The number of rotatable bonds is 6. The van der Waals surface area contributed by atoms with E-state index in [2.05, 4.69) is 5.32 Å². The topological polar surface area (TPSA) is 67.9 Å². The number of benzene rings is 3. The molecule has 1 heterocycles. The lowest BCUT2D eigenvalue weighted by Crippen LogP contribution is -2.33. The molecule has 168 valence electrons. The summed E-state index contributed by atoms with van der Waals surface area (Å²) < 4.78 is 24.2. The van der Waals surface area contributed by atoms with Gasteiger partial charge < -0.3 is 14.8 Å². The lowest BCUT2D eigenvalue weighted by Gasteiger charge is -2.18. The van der Waals surface area contributed by atoms with Gasteiger partial charge in [-0.15, -0.1) is 0 Å². The van der Waals surface area contributed by atoms with Crippen LogP contribution in [0.2, 0.25) is 5.02 Å². The van der Waals surface area contributed by atoms with Crippen LogP contribution >= 0.6 is 11.6 Å². The Labute approximate surface area is 195 Å². The van der Waals surface area contributed by atoms with Gasteiger partial charge in [0.1, 0.15) is 23.0 Å². The maximum atomic E-state index is 13.6. The van der Waals surface area contributed by atoms with E-state index in [1.807, 2.05) is 0 Å². The monoisotopic (exact) mass is 466 g/mol. The first-order valence-electron chi connectivity index (χ1n) is 9.99. The molecule has 2 amide bonds. The second-order valence-corrected chi connectivity index (χ2v) is 7.68. The van der Waals surface area contributed by atoms with Gasteiger partial charge in [0.2, 0.25) is 0 Å². The van der Waals surface area contributed by atoms with Crippen LogP contribution in [0.1, 0.15) is 11.1 Å². The molecule has 0 spiro atoms. The number of carbonyl (C=O) groups is 2. The Morgan fingerprint density at radius 3 is 2.33 bits per heavy atom. The Balaban J connectivity index is 1.86. The van der Waals surface area contributed by atoms with Crippen molar-refractivity contribution in [1.29, 1.82) is 0 Å². The number of hydrogen-bond acceptors (Lipinski definition) is 5. The van der Waals surface area contributed by atoms with Gasteiger partial charge in [0, 0.05) is 11.1 Å². The van der Waals surface area contributed by atoms with Crippen molar-refractivity contribution in [2.75, 3.05) is 24.4 Å². The maximum absolute atomic E-state index is 13.6. The number of imide groups is 1. The van der Waals surface area contributed by atoms with Crippen LogP contribution in [0.5, 0.6) is 11.5 Å². The molecule has 0 saturated carbocycles. The van der Waals surface area contributed by atoms with E-state index in [-0.39, 0.29) is 11.3 Å². The van der Waals surface area contributed by atoms with Crippen molar-refractivity contribution in [3.63, 3.8) is 0 Å². The minimum absolute atomic E-state index is 0.0365. The van der Waals surface area contributed by atoms with Crippen molar-refractivity contribution in [3.05, 3.63) is 88.3 Å². The van der Waals surface area contributed by atoms with Crippen molar-refractivity contribution in [2.24, 2.45) is 0 Å². The molecular weight excluding hydrogens is 447 g/mol. The fourth-order valence-electron chi connectivity index (χ4n) is 3.62. The van der Waals surface area contributed by atoms with Crippen LogP contribution in [-0.2, 0) is 9.59 Å². The summed E-state index contributed by atoms with van der Waals surface area (Å²) in [5.41, 5.74) is 1.95. The van der Waals surface area contributed by atoms with Gasteiger partial charge in [-0.25, -0.2) is 9.29 Å². The molecule has 3 aromatic rings. The van der Waals surface area contributed by atoms with Gasteiger partial charge in [0.25, 0.3) is 11.8 Å². The Hall–Kier alpha value is -3.84. The number of anilines is 2. The average Bonchev–Trinajstić information content (AvgIpc) is 3.06. The highest BCUT2D eigenvalue weighted by molar-refractivity contribution is 6.46. The molecule has 1 aliphatic heterocycles. The predicted octanol–water partition coefficient (Wildman–Crippen LogP) is 5.20. The quantitative estimate of drug-likeness (QED) is 0.506. The number of ether oxygens (including phenoxy) is 2. The number of nitrogens with zero attached hydrogens (tertiary/aromatic N) is 1. The molecule has 3 aromatic carbocycles. The molecule has 0 radical (unpaired) electrons. The molecule has 0 bridgehead atoms. The molecule has 0 saturated heterocycles. The third-order valence-electron chi connectivity index (χ3n) is 5.37. The molecule has 8 heteroatoms. The second-order valence-electron chi connectivity index (χ2n) is 7.28. The van der Waals surface area contributed by atoms with E-state index in [0.29, 0.717) is 39.0 Å². The first-order valence-corrected chi connectivity index (χ1v) is 10.4. The maximum Gasteiger partial charge on any atom is 0.282 e. The van der Waals surface area contributed by atoms with E-state index >= 15 is 0 Å². The van der Waals surface area contributed by atoms with Crippen molar-refractivity contribution in [3.8, 4) is 11.5 Å². The van der Waals surface area contributed by atoms with Gasteiger partial charge >= 0.3 is 0 Å². The smallest absolute Gasteiger partial charge is 0.282 e. The summed E-state index contributed by atoms with van der Waals surface area (Å²) in [7, 11) is 3.01. The van der Waals surface area contributed by atoms with Crippen LogP contribution in [-0.4, -0.2) is 26.0 Å². The van der Waals surface area contributed by atoms with Gasteiger partial charge in [-0.05, 0) is 54.4 Å². The lowest BCUT2D eigenvalue weighted by molar-refractivity contribution is -0.120. The van der Waals surface area contributed by atoms with Gasteiger partial charge in [-0.1, -0.05) is 29.8 Å². The lowest BCUT2D eigenvalue weighted by atomic mass is 10.0. The zero-order valence-electron chi connectivity index (χ0n) is 18.1. The number of hydrogen-bond donors (Lipinski definition) is 1. The summed E-state index contributed by atoms with van der Waals surface area (Å²) in [4.78, 5) is 28.2. The molecule has 0 unspecified atom stereocenters. The van der Waals surface area contributed by atoms with E-state index in [4.69, 9.17) is 21.1 Å². The van der Waals surface area contributed by atoms with Gasteiger partial charge in [-0.3, -0.25) is 9.59 Å². The summed E-state index contributed by atoms with van der Waals surface area (Å²) in [5.74, 6) is -0.590. The molecule has 4 rings (SSSR count). The van der Waals surface area contributed by atoms with E-state index in [9.17, 15) is 14.0 Å². The summed E-state index contributed by atoms with van der Waals surface area (Å²) in [6.45, 7) is 1.73. The van der Waals surface area contributed by atoms with E-state index in [1.54, 1.807) is 43.3 Å². The average molecular weight is 467 g/mol. The SMILES string of the molecule is COc1ccc(NC2=C(c3ccc(F)cc3)C(=O)N(c3cccc(Cl)c3C)C2=O)c(OC)c1. The molecule has 6 nitrogen and oxygen atoms in total. The van der Waals surface area contributed by atoms with E-state index < -0.39 is 17.6 Å². The first kappa shape index (κ1) is 22.4. The Morgan fingerprint density at radius 2 is 1.67 bits per heavy atom. The van der Waals surface area contributed by atoms with Crippen LogP contribution in [0.15, 0.2) is 66.4 Å². The van der Waals surface area contributed by atoms with E-state index in [0.717, 1.165) is 4.90 Å². The highest BCUT2D eigenvalue weighted by Gasteiger charge is 2.41. The Morgan fingerprint density at radius 1 is 0.939 bits per heavy atom. The molecule has 1 aliphatic rings. The third-order valence-corrected chi connectivity index (χ3v) is 5.77. The molecule has 0 aromatic heterocycles. The normalized spacial score (nSPS) is 13.5. The van der Waals surface area contributed by atoms with Gasteiger partial charge in [0.15, 0.2) is 0 Å². The largest absolute Gasteiger partial charge is 0.497 e. The molecular formula is C25H20ClFN2O4. The fourth-order valence-corrected chi connectivity index (χ4v) is 3.79. The van der Waals surface area contributed by atoms with Crippen molar-refractivity contribution < 1.29 is 23.5 Å². The fraction of sp³-hybridized carbons (Fsp3) is 0.120. The Bertz CT molecular complexity index is 1290. The van der Waals surface area contributed by atoms with Crippen molar-refractivity contribution in [2.45, 2.75) is 6.92 Å². The number of amides is 2. The summed E-state index contributed by atoms with van der Waals surface area (Å²) in [5, 5.41) is 3.47. The minimum Gasteiger partial charge on any atom is -0.497 e. The molecule has 0 atom stereocenters. The summed E-state index contributed by atoms with van der Waals surface area (Å²) in [6, 6.07) is 15.4. The van der Waals surface area contributed by atoms with Gasteiger partial charge in [0.05, 0.1) is 31.2 Å². The van der Waals surface area contributed by atoms with E-state index in [1.165, 1.54) is 38.5 Å². The van der Waals surface area contributed by atoms with Crippen LogP contribution in [0.4, 0.5) is 15.8 Å². The molecule has 33 heavy (non-hydrogen) atoms. The van der Waals surface area contributed by atoms with Gasteiger partial charge in [-0.2, -0.15) is 0 Å². The zero-order valence-corrected chi connectivity index (χ0v) is 18.9. The minimum atomic E-state index is -0.567. The van der Waals surface area contributed by atoms with Crippen molar-refractivity contribution >= 4 is 40.4 Å². The standard InChI is InChI=1S/C25H20ClFN2O4/c1-14-18(26)5-4-6-20(14)29-24(30)22(15-7-9-16(27)10-8-15)23(25(29)31)28-19-12-11-17(32-2)13-21(19)33-3/h4-13,28H,1-3H3. The number of methoxy groups -OCH3 is 2. The van der Waals surface area contributed by atoms with Crippen molar-refractivity contribution in [1.82, 2.24) is 0 Å². The summed E-state index contributed by atoms with van der Waals surface area (Å²) in [6.07, 6.45) is 0. The van der Waals surface area contributed by atoms with Crippen LogP contribution in [0, 0.1) is 12.7 Å². The van der Waals surface area contributed by atoms with Crippen LogP contribution in [0.3, 0.4) is 0 Å². The molecule has 0 aliphatic carbocycles. The molecule has 0 fully saturated rings. The highest BCUT2D eigenvalue weighted by Crippen LogP contribution is 2.38.